The number of hydrogen-bond donors (Lipinski definition) is 2. The Labute approximate surface area is 191 Å². The number of piperazine rings is 1. The summed E-state index contributed by atoms with van der Waals surface area (Å²) in [5.41, 5.74) is 4.01. The zero-order chi connectivity index (χ0) is 23.1. The molecule has 4 aromatic rings. The van der Waals surface area contributed by atoms with Gasteiger partial charge in [0.25, 0.3) is 5.91 Å². The van der Waals surface area contributed by atoms with Crippen LogP contribution in [0.15, 0.2) is 36.8 Å². The summed E-state index contributed by atoms with van der Waals surface area (Å²) < 4.78 is 6.94. The fraction of sp³-hybridized carbons (Fsp3) is 0.348. The van der Waals surface area contributed by atoms with Gasteiger partial charge in [-0.15, -0.1) is 0 Å². The number of nitrogens with one attached hydrogen (secondary N) is 2. The molecule has 2 atom stereocenters. The molecule has 2 N–H and O–H groups in total. The topological polar surface area (TPSA) is 110 Å². The van der Waals surface area contributed by atoms with Crippen LogP contribution in [0.25, 0.3) is 16.6 Å². The molecule has 5 rings (SSSR count). The number of carbonyl (C=O) groups is 1. The summed E-state index contributed by atoms with van der Waals surface area (Å²) in [5, 5.41) is 11.6. The van der Waals surface area contributed by atoms with E-state index in [1.165, 1.54) is 7.11 Å². The Bertz CT molecular complexity index is 1340. The number of benzene rings is 1. The Morgan fingerprint density at radius 3 is 2.70 bits per heavy atom. The number of anilines is 2. The number of hydrogen-bond acceptors (Lipinski definition) is 8. The van der Waals surface area contributed by atoms with E-state index in [2.05, 4.69) is 49.4 Å². The summed E-state index contributed by atoms with van der Waals surface area (Å²) in [5.74, 6) is -0.299. The fourth-order valence-corrected chi connectivity index (χ4v) is 4.46. The maximum absolute atomic E-state index is 13.3. The predicted octanol–water partition coefficient (Wildman–Crippen LogP) is 2.43. The lowest BCUT2D eigenvalue weighted by molar-refractivity contribution is 0.102. The van der Waals surface area contributed by atoms with Gasteiger partial charge in [-0.05, 0) is 39.0 Å². The highest BCUT2D eigenvalue weighted by molar-refractivity contribution is 6.14. The minimum Gasteiger partial charge on any atom is -0.467 e. The van der Waals surface area contributed by atoms with Crippen molar-refractivity contribution in [2.45, 2.75) is 32.9 Å². The third kappa shape index (κ3) is 3.82. The van der Waals surface area contributed by atoms with E-state index in [4.69, 9.17) is 4.74 Å². The summed E-state index contributed by atoms with van der Waals surface area (Å²) in [7, 11) is 1.51. The average molecular weight is 447 g/mol. The van der Waals surface area contributed by atoms with Crippen molar-refractivity contribution in [1.29, 1.82) is 0 Å². The van der Waals surface area contributed by atoms with E-state index < -0.39 is 0 Å². The first kappa shape index (κ1) is 21.1. The molecule has 2 unspecified atom stereocenters. The van der Waals surface area contributed by atoms with Crippen molar-refractivity contribution in [3.8, 4) is 6.01 Å². The van der Waals surface area contributed by atoms with E-state index in [0.29, 0.717) is 34.5 Å². The molecule has 10 heteroatoms. The molecule has 1 fully saturated rings. The molecule has 3 aromatic heterocycles. The van der Waals surface area contributed by atoms with E-state index in [9.17, 15) is 4.79 Å². The van der Waals surface area contributed by atoms with Crippen molar-refractivity contribution >= 4 is 33.8 Å². The van der Waals surface area contributed by atoms with Crippen molar-refractivity contribution in [3.63, 3.8) is 0 Å². The van der Waals surface area contributed by atoms with Gasteiger partial charge in [0.05, 0.1) is 24.4 Å². The predicted molar refractivity (Wildman–Crippen MR) is 126 cm³/mol. The Morgan fingerprint density at radius 2 is 1.94 bits per heavy atom. The van der Waals surface area contributed by atoms with Gasteiger partial charge in [-0.1, -0.05) is 0 Å². The van der Waals surface area contributed by atoms with Crippen LogP contribution in [0.4, 0.5) is 11.4 Å². The molecule has 0 aliphatic carbocycles. The van der Waals surface area contributed by atoms with Gasteiger partial charge in [0.2, 0.25) is 0 Å². The van der Waals surface area contributed by atoms with E-state index in [1.807, 2.05) is 19.1 Å². The normalized spacial score (nSPS) is 18.6. The lowest BCUT2D eigenvalue weighted by Gasteiger charge is -2.38. The first-order chi connectivity index (χ1) is 15.9. The Kier molecular flexibility index (Phi) is 5.29. The van der Waals surface area contributed by atoms with Gasteiger partial charge >= 0.3 is 6.01 Å². The van der Waals surface area contributed by atoms with E-state index >= 15 is 0 Å². The average Bonchev–Trinajstić information content (AvgIpc) is 3.21. The Balaban J connectivity index is 1.56. The molecule has 33 heavy (non-hydrogen) atoms. The summed E-state index contributed by atoms with van der Waals surface area (Å²) in [4.78, 5) is 28.9. The van der Waals surface area contributed by atoms with Crippen LogP contribution in [0.1, 0.15) is 29.9 Å². The standard InChI is InChI=1S/C23H26N8O2/c1-13-11-30(12-14(2)27-13)19-6-5-16(20-17(19)9-25-23(29-20)33-4)22(32)28-18-10-26-31-15(3)7-8-24-21(18)31/h5-10,13-14,27H,11-12H2,1-4H3,(H,28,32). The summed E-state index contributed by atoms with van der Waals surface area (Å²) in [6.45, 7) is 7.96. The van der Waals surface area contributed by atoms with Crippen molar-refractivity contribution in [2.75, 3.05) is 30.4 Å². The Morgan fingerprint density at radius 1 is 1.15 bits per heavy atom. The number of nitrogens with zero attached hydrogens (tertiary/aromatic N) is 6. The molecule has 1 aliphatic heterocycles. The first-order valence-corrected chi connectivity index (χ1v) is 10.9. The van der Waals surface area contributed by atoms with E-state index in [0.717, 1.165) is 29.9 Å². The minimum absolute atomic E-state index is 0.212. The second-order valence-electron chi connectivity index (χ2n) is 8.46. The molecule has 4 heterocycles. The van der Waals surface area contributed by atoms with Crippen LogP contribution >= 0.6 is 0 Å². The minimum atomic E-state index is -0.299. The maximum atomic E-state index is 13.3. The number of rotatable bonds is 4. The van der Waals surface area contributed by atoms with Crippen LogP contribution in [-0.4, -0.2) is 62.8 Å². The van der Waals surface area contributed by atoms with Gasteiger partial charge in [0, 0.05) is 54.3 Å². The third-order valence-electron chi connectivity index (χ3n) is 5.87. The second-order valence-corrected chi connectivity index (χ2v) is 8.46. The molecule has 0 saturated carbocycles. The van der Waals surface area contributed by atoms with Crippen LogP contribution < -0.4 is 20.3 Å². The molecule has 1 amide bonds. The van der Waals surface area contributed by atoms with Crippen LogP contribution in [0.5, 0.6) is 6.01 Å². The van der Waals surface area contributed by atoms with Crippen LogP contribution in [0, 0.1) is 6.92 Å². The maximum Gasteiger partial charge on any atom is 0.316 e. The zero-order valence-corrected chi connectivity index (χ0v) is 19.0. The van der Waals surface area contributed by atoms with Crippen molar-refractivity contribution in [2.24, 2.45) is 0 Å². The smallest absolute Gasteiger partial charge is 0.316 e. The molecule has 0 radical (unpaired) electrons. The molecule has 0 spiro atoms. The lowest BCUT2D eigenvalue weighted by atomic mass is 10.0. The number of amides is 1. The van der Waals surface area contributed by atoms with Gasteiger partial charge < -0.3 is 20.3 Å². The molecule has 0 bridgehead atoms. The highest BCUT2D eigenvalue weighted by atomic mass is 16.5. The zero-order valence-electron chi connectivity index (χ0n) is 19.0. The number of carbonyl (C=O) groups excluding carboxylic acids is 1. The van der Waals surface area contributed by atoms with Gasteiger partial charge in [0.1, 0.15) is 5.69 Å². The number of aromatic nitrogens is 5. The molecule has 1 aromatic carbocycles. The van der Waals surface area contributed by atoms with Crippen LogP contribution in [0.3, 0.4) is 0 Å². The van der Waals surface area contributed by atoms with Crippen molar-refractivity contribution in [1.82, 2.24) is 29.9 Å². The largest absolute Gasteiger partial charge is 0.467 e. The van der Waals surface area contributed by atoms with Crippen LogP contribution in [0.2, 0.25) is 0 Å². The highest BCUT2D eigenvalue weighted by Gasteiger charge is 2.25. The number of aryl methyl sites for hydroxylation is 1. The highest BCUT2D eigenvalue weighted by Crippen LogP contribution is 2.31. The number of ether oxygens (including phenoxy) is 1. The van der Waals surface area contributed by atoms with Crippen molar-refractivity contribution in [3.05, 3.63) is 48.0 Å². The second kappa shape index (κ2) is 8.28. The monoisotopic (exact) mass is 446 g/mol. The summed E-state index contributed by atoms with van der Waals surface area (Å²) >= 11 is 0. The van der Waals surface area contributed by atoms with E-state index in [1.54, 1.807) is 29.2 Å². The molecular weight excluding hydrogens is 420 g/mol. The lowest BCUT2D eigenvalue weighted by Crippen LogP contribution is -2.54. The molecular formula is C23H26N8O2. The fourth-order valence-electron chi connectivity index (χ4n) is 4.46. The first-order valence-electron chi connectivity index (χ1n) is 10.9. The van der Waals surface area contributed by atoms with Crippen LogP contribution in [-0.2, 0) is 0 Å². The molecule has 10 nitrogen and oxygen atoms in total. The Hall–Kier alpha value is -3.79. The van der Waals surface area contributed by atoms with Gasteiger partial charge in [-0.3, -0.25) is 4.79 Å². The van der Waals surface area contributed by atoms with Gasteiger partial charge in [0.15, 0.2) is 5.65 Å². The number of fused-ring (bicyclic) bond motifs is 2. The van der Waals surface area contributed by atoms with Gasteiger partial charge in [-0.25, -0.2) is 14.5 Å². The quantitative estimate of drug-likeness (QED) is 0.492. The number of methoxy groups -OCH3 is 1. The third-order valence-corrected chi connectivity index (χ3v) is 5.87. The van der Waals surface area contributed by atoms with E-state index in [-0.39, 0.29) is 11.9 Å². The summed E-state index contributed by atoms with van der Waals surface area (Å²) in [6.07, 6.45) is 5.02. The van der Waals surface area contributed by atoms with Crippen molar-refractivity contribution < 1.29 is 9.53 Å². The molecule has 1 saturated heterocycles. The molecule has 170 valence electrons. The SMILES string of the molecule is COc1ncc2c(N3CC(C)NC(C)C3)ccc(C(=O)Nc3cnn4c(C)ccnc34)c2n1. The van der Waals surface area contributed by atoms with Gasteiger partial charge in [-0.2, -0.15) is 10.1 Å². The molecule has 1 aliphatic rings. The summed E-state index contributed by atoms with van der Waals surface area (Å²) in [6, 6.07) is 6.54.